The Morgan fingerprint density at radius 1 is 1.19 bits per heavy atom. The second-order valence-electron chi connectivity index (χ2n) is 4.72. The van der Waals surface area contributed by atoms with Crippen molar-refractivity contribution in [1.29, 1.82) is 0 Å². The van der Waals surface area contributed by atoms with Crippen LogP contribution in [0.3, 0.4) is 0 Å². The molecule has 16 heavy (non-hydrogen) atoms. The third kappa shape index (κ3) is 4.60. The second kappa shape index (κ2) is 8.32. The molecule has 0 aromatic rings. The van der Waals surface area contributed by atoms with Gasteiger partial charge in [0.05, 0.1) is 0 Å². The van der Waals surface area contributed by atoms with Gasteiger partial charge in [0, 0.05) is 25.0 Å². The highest BCUT2D eigenvalue weighted by atomic mass is 35.5. The summed E-state index contributed by atoms with van der Waals surface area (Å²) < 4.78 is 0. The molecule has 3 heteroatoms. The van der Waals surface area contributed by atoms with Crippen LogP contribution in [0, 0.1) is 0 Å². The van der Waals surface area contributed by atoms with Gasteiger partial charge in [-0.1, -0.05) is 26.7 Å². The molecule has 0 spiro atoms. The van der Waals surface area contributed by atoms with Crippen LogP contribution in [0.4, 0.5) is 0 Å². The third-order valence-electron chi connectivity index (χ3n) is 3.78. The fourth-order valence-electron chi connectivity index (χ4n) is 2.52. The minimum Gasteiger partial charge on any atom is -0.303 e. The van der Waals surface area contributed by atoms with Crippen LogP contribution >= 0.6 is 11.6 Å². The predicted molar refractivity (Wildman–Crippen MR) is 72.3 cm³/mol. The lowest BCUT2D eigenvalue weighted by atomic mass is 10.1. The summed E-state index contributed by atoms with van der Waals surface area (Å²) in [5, 5.41) is 0. The van der Waals surface area contributed by atoms with Crippen molar-refractivity contribution in [3.8, 4) is 0 Å². The van der Waals surface area contributed by atoms with Crippen LogP contribution < -0.4 is 0 Å². The first-order chi connectivity index (χ1) is 7.81. The van der Waals surface area contributed by atoms with E-state index in [0.29, 0.717) is 6.04 Å². The van der Waals surface area contributed by atoms with Crippen LogP contribution in [0.25, 0.3) is 0 Å². The molecule has 0 aromatic heterocycles. The van der Waals surface area contributed by atoms with E-state index in [0.717, 1.165) is 19.0 Å². The SMILES string of the molecule is CCN(CC)CCN1CCCCCC1CCl. The molecule has 1 fully saturated rings. The molecule has 1 aliphatic heterocycles. The van der Waals surface area contributed by atoms with E-state index in [2.05, 4.69) is 23.6 Å². The Morgan fingerprint density at radius 2 is 1.94 bits per heavy atom. The molecule has 96 valence electrons. The highest BCUT2D eigenvalue weighted by Gasteiger charge is 2.19. The van der Waals surface area contributed by atoms with E-state index in [9.17, 15) is 0 Å². The van der Waals surface area contributed by atoms with Gasteiger partial charge in [-0.25, -0.2) is 0 Å². The zero-order valence-corrected chi connectivity index (χ0v) is 11.7. The molecule has 2 nitrogen and oxygen atoms in total. The molecule has 1 rings (SSSR count). The largest absolute Gasteiger partial charge is 0.303 e. The molecule has 0 saturated carbocycles. The molecule has 0 amide bonds. The Kier molecular flexibility index (Phi) is 7.42. The highest BCUT2D eigenvalue weighted by molar-refractivity contribution is 6.18. The van der Waals surface area contributed by atoms with Gasteiger partial charge in [-0.3, -0.25) is 4.90 Å². The molecule has 1 heterocycles. The van der Waals surface area contributed by atoms with Gasteiger partial charge in [-0.15, -0.1) is 11.6 Å². The topological polar surface area (TPSA) is 6.48 Å². The van der Waals surface area contributed by atoms with E-state index in [1.54, 1.807) is 0 Å². The van der Waals surface area contributed by atoms with Gasteiger partial charge in [0.15, 0.2) is 0 Å². The highest BCUT2D eigenvalue weighted by Crippen LogP contribution is 2.17. The minimum atomic E-state index is 0.625. The van der Waals surface area contributed by atoms with Crippen molar-refractivity contribution in [2.75, 3.05) is 38.6 Å². The number of likely N-dealkylation sites (N-methyl/N-ethyl adjacent to an activating group) is 1. The fourth-order valence-corrected chi connectivity index (χ4v) is 2.87. The van der Waals surface area contributed by atoms with Crippen molar-refractivity contribution in [2.45, 2.75) is 45.6 Å². The molecule has 0 aliphatic carbocycles. The smallest absolute Gasteiger partial charge is 0.0379 e. The molecule has 1 aliphatic rings. The summed E-state index contributed by atoms with van der Waals surface area (Å²) in [6.07, 6.45) is 5.39. The van der Waals surface area contributed by atoms with Gasteiger partial charge >= 0.3 is 0 Å². The third-order valence-corrected chi connectivity index (χ3v) is 4.13. The quantitative estimate of drug-likeness (QED) is 0.665. The van der Waals surface area contributed by atoms with Crippen molar-refractivity contribution >= 4 is 11.6 Å². The molecule has 0 radical (unpaired) electrons. The second-order valence-corrected chi connectivity index (χ2v) is 5.03. The van der Waals surface area contributed by atoms with Crippen molar-refractivity contribution in [3.05, 3.63) is 0 Å². The van der Waals surface area contributed by atoms with Gasteiger partial charge in [0.2, 0.25) is 0 Å². The van der Waals surface area contributed by atoms with Gasteiger partial charge in [0.1, 0.15) is 0 Å². The van der Waals surface area contributed by atoms with Crippen molar-refractivity contribution in [1.82, 2.24) is 9.80 Å². The van der Waals surface area contributed by atoms with Crippen LogP contribution in [-0.4, -0.2) is 54.4 Å². The normalized spacial score (nSPS) is 23.6. The van der Waals surface area contributed by atoms with E-state index in [1.807, 2.05) is 0 Å². The lowest BCUT2D eigenvalue weighted by molar-refractivity contribution is 0.178. The number of likely N-dealkylation sites (tertiary alicyclic amines) is 1. The fraction of sp³-hybridized carbons (Fsp3) is 1.00. The average molecular weight is 247 g/mol. The van der Waals surface area contributed by atoms with Crippen molar-refractivity contribution in [2.24, 2.45) is 0 Å². The summed E-state index contributed by atoms with van der Waals surface area (Å²) in [4.78, 5) is 5.11. The Bertz CT molecular complexity index is 171. The van der Waals surface area contributed by atoms with Gasteiger partial charge in [-0.2, -0.15) is 0 Å². The molecule has 0 N–H and O–H groups in total. The van der Waals surface area contributed by atoms with Gasteiger partial charge < -0.3 is 4.90 Å². The maximum absolute atomic E-state index is 6.08. The number of nitrogens with zero attached hydrogens (tertiary/aromatic N) is 2. The van der Waals surface area contributed by atoms with Gasteiger partial charge in [0.25, 0.3) is 0 Å². The average Bonchev–Trinajstić information content (AvgIpc) is 2.55. The summed E-state index contributed by atoms with van der Waals surface area (Å²) in [6, 6.07) is 0.625. The molecular formula is C13H27ClN2. The maximum Gasteiger partial charge on any atom is 0.0379 e. The van der Waals surface area contributed by atoms with Crippen molar-refractivity contribution in [3.63, 3.8) is 0 Å². The lowest BCUT2D eigenvalue weighted by Crippen LogP contribution is -2.41. The lowest BCUT2D eigenvalue weighted by Gasteiger charge is -2.30. The Morgan fingerprint density at radius 3 is 2.56 bits per heavy atom. The van der Waals surface area contributed by atoms with Crippen LogP contribution in [-0.2, 0) is 0 Å². The van der Waals surface area contributed by atoms with E-state index in [-0.39, 0.29) is 0 Å². The van der Waals surface area contributed by atoms with E-state index >= 15 is 0 Å². The standard InChI is InChI=1S/C13H27ClN2/c1-3-15(4-2)10-11-16-9-7-5-6-8-13(16)12-14/h13H,3-12H2,1-2H3. The first-order valence-corrected chi connectivity index (χ1v) is 7.37. The van der Waals surface area contributed by atoms with E-state index < -0.39 is 0 Å². The van der Waals surface area contributed by atoms with E-state index in [1.165, 1.54) is 45.3 Å². The summed E-state index contributed by atoms with van der Waals surface area (Å²) in [5.74, 6) is 0.804. The monoisotopic (exact) mass is 246 g/mol. The minimum absolute atomic E-state index is 0.625. The zero-order chi connectivity index (χ0) is 11.8. The summed E-state index contributed by atoms with van der Waals surface area (Å²) >= 11 is 6.08. The van der Waals surface area contributed by atoms with Crippen LogP contribution in [0.1, 0.15) is 39.5 Å². The van der Waals surface area contributed by atoms with Crippen molar-refractivity contribution < 1.29 is 0 Å². The van der Waals surface area contributed by atoms with Crippen LogP contribution in [0.2, 0.25) is 0 Å². The zero-order valence-electron chi connectivity index (χ0n) is 10.9. The molecule has 0 aromatic carbocycles. The molecule has 1 atom stereocenters. The Balaban J connectivity index is 2.36. The number of rotatable bonds is 6. The number of alkyl halides is 1. The van der Waals surface area contributed by atoms with Crippen LogP contribution in [0.5, 0.6) is 0 Å². The molecule has 1 unspecified atom stereocenters. The molecule has 0 bridgehead atoms. The first kappa shape index (κ1) is 14.3. The van der Waals surface area contributed by atoms with E-state index in [4.69, 9.17) is 11.6 Å². The first-order valence-electron chi connectivity index (χ1n) is 6.84. The number of halogens is 1. The number of hydrogen-bond acceptors (Lipinski definition) is 2. The summed E-state index contributed by atoms with van der Waals surface area (Å²) in [6.45, 7) is 10.4. The Labute approximate surface area is 106 Å². The maximum atomic E-state index is 6.08. The molecular weight excluding hydrogens is 220 g/mol. The van der Waals surface area contributed by atoms with Crippen LogP contribution in [0.15, 0.2) is 0 Å². The van der Waals surface area contributed by atoms with Gasteiger partial charge in [-0.05, 0) is 32.5 Å². The predicted octanol–water partition coefficient (Wildman–Crippen LogP) is 2.81. The molecule has 1 saturated heterocycles. The summed E-state index contributed by atoms with van der Waals surface area (Å²) in [7, 11) is 0. The number of hydrogen-bond donors (Lipinski definition) is 0. The Hall–Kier alpha value is 0.210. The summed E-state index contributed by atoms with van der Waals surface area (Å²) in [5.41, 5.74) is 0.